The Hall–Kier alpha value is -1.91. The van der Waals surface area contributed by atoms with Gasteiger partial charge in [-0.05, 0) is 30.4 Å². The largest absolute Gasteiger partial charge is 0.336 e. The Morgan fingerprint density at radius 3 is 2.55 bits per heavy atom. The van der Waals surface area contributed by atoms with Crippen molar-refractivity contribution in [1.29, 1.82) is 0 Å². The van der Waals surface area contributed by atoms with Crippen LogP contribution < -0.4 is 0 Å². The van der Waals surface area contributed by atoms with Gasteiger partial charge in [0.1, 0.15) is 5.82 Å². The highest BCUT2D eigenvalue weighted by molar-refractivity contribution is 7.71. The zero-order chi connectivity index (χ0) is 14.1. The Morgan fingerprint density at radius 1 is 1.10 bits per heavy atom. The summed E-state index contributed by atoms with van der Waals surface area (Å²) in [6.45, 7) is 0. The second-order valence-electron chi connectivity index (χ2n) is 4.28. The van der Waals surface area contributed by atoms with Crippen LogP contribution in [0.4, 0.5) is 4.39 Å². The number of imidazole rings is 1. The molecule has 2 aromatic carbocycles. The van der Waals surface area contributed by atoms with E-state index in [4.69, 9.17) is 23.8 Å². The second-order valence-corrected chi connectivity index (χ2v) is 5.07. The zero-order valence-electron chi connectivity index (χ0n) is 10.3. The molecule has 3 rings (SSSR count). The van der Waals surface area contributed by atoms with E-state index >= 15 is 0 Å². The van der Waals surface area contributed by atoms with E-state index in [0.717, 1.165) is 11.3 Å². The van der Waals surface area contributed by atoms with Crippen LogP contribution in [0.15, 0.2) is 54.7 Å². The van der Waals surface area contributed by atoms with Gasteiger partial charge in [-0.3, -0.25) is 4.57 Å². The average molecular weight is 305 g/mol. The lowest BCUT2D eigenvalue weighted by molar-refractivity contribution is 0.627. The molecule has 100 valence electrons. The van der Waals surface area contributed by atoms with E-state index in [-0.39, 0.29) is 5.02 Å². The number of nitrogens with one attached hydrogen (secondary N) is 1. The van der Waals surface area contributed by atoms with Crippen LogP contribution in [0.5, 0.6) is 0 Å². The van der Waals surface area contributed by atoms with E-state index in [9.17, 15) is 4.39 Å². The van der Waals surface area contributed by atoms with Crippen LogP contribution in [0.1, 0.15) is 0 Å². The van der Waals surface area contributed by atoms with Crippen molar-refractivity contribution in [1.82, 2.24) is 9.55 Å². The molecule has 0 saturated carbocycles. The maximum absolute atomic E-state index is 13.6. The molecule has 3 aromatic rings. The van der Waals surface area contributed by atoms with Crippen molar-refractivity contribution in [3.63, 3.8) is 0 Å². The summed E-state index contributed by atoms with van der Waals surface area (Å²) >= 11 is 11.0. The van der Waals surface area contributed by atoms with Crippen molar-refractivity contribution in [2.24, 2.45) is 0 Å². The maximum atomic E-state index is 13.6. The quantitative estimate of drug-likeness (QED) is 0.661. The van der Waals surface area contributed by atoms with E-state index in [1.165, 1.54) is 12.1 Å². The van der Waals surface area contributed by atoms with Gasteiger partial charge in [0.2, 0.25) is 0 Å². The summed E-state index contributed by atoms with van der Waals surface area (Å²) < 4.78 is 15.9. The molecular formula is C15H10ClFN2S. The van der Waals surface area contributed by atoms with Crippen molar-refractivity contribution in [3.05, 3.63) is 70.3 Å². The first-order chi connectivity index (χ1) is 9.66. The van der Waals surface area contributed by atoms with E-state index < -0.39 is 5.82 Å². The van der Waals surface area contributed by atoms with Crippen molar-refractivity contribution in [2.75, 3.05) is 0 Å². The first kappa shape index (κ1) is 13.1. The van der Waals surface area contributed by atoms with Gasteiger partial charge in [0.15, 0.2) is 4.77 Å². The first-order valence-corrected chi connectivity index (χ1v) is 6.77. The fraction of sp³-hybridized carbons (Fsp3) is 0. The molecule has 0 aliphatic rings. The molecule has 20 heavy (non-hydrogen) atoms. The van der Waals surface area contributed by atoms with Crippen LogP contribution in [0.25, 0.3) is 16.9 Å². The number of H-pyrrole nitrogens is 1. The molecule has 1 aromatic heterocycles. The zero-order valence-corrected chi connectivity index (χ0v) is 11.9. The molecule has 5 heteroatoms. The number of hydrogen-bond donors (Lipinski definition) is 1. The molecule has 0 atom stereocenters. The number of hydrogen-bond acceptors (Lipinski definition) is 1. The van der Waals surface area contributed by atoms with Crippen LogP contribution >= 0.6 is 23.8 Å². The molecule has 0 spiro atoms. The smallest absolute Gasteiger partial charge is 0.182 e. The average Bonchev–Trinajstić information content (AvgIpc) is 2.85. The highest BCUT2D eigenvalue weighted by atomic mass is 35.5. The van der Waals surface area contributed by atoms with Gasteiger partial charge in [-0.25, -0.2) is 4.39 Å². The van der Waals surface area contributed by atoms with Gasteiger partial charge in [0.25, 0.3) is 0 Å². The SMILES string of the molecule is Fc1cc(-n2c(-c3ccccc3)c[nH]c2=S)ccc1Cl. The molecular weight excluding hydrogens is 295 g/mol. The highest BCUT2D eigenvalue weighted by Gasteiger charge is 2.10. The molecule has 0 aliphatic carbocycles. The lowest BCUT2D eigenvalue weighted by Crippen LogP contribution is -1.97. The van der Waals surface area contributed by atoms with Crippen molar-refractivity contribution < 1.29 is 4.39 Å². The molecule has 0 unspecified atom stereocenters. The number of aromatic amines is 1. The summed E-state index contributed by atoms with van der Waals surface area (Å²) in [5, 5.41) is 0.0945. The molecule has 2 nitrogen and oxygen atoms in total. The van der Waals surface area contributed by atoms with Crippen LogP contribution in [-0.4, -0.2) is 9.55 Å². The Labute approximate surface area is 125 Å². The fourth-order valence-corrected chi connectivity index (χ4v) is 2.45. The minimum atomic E-state index is -0.466. The third-order valence-electron chi connectivity index (χ3n) is 3.01. The van der Waals surface area contributed by atoms with Crippen molar-refractivity contribution in [3.8, 4) is 16.9 Å². The molecule has 0 fully saturated rings. The maximum Gasteiger partial charge on any atom is 0.182 e. The van der Waals surface area contributed by atoms with Gasteiger partial charge in [-0.1, -0.05) is 41.9 Å². The third-order valence-corrected chi connectivity index (χ3v) is 3.61. The molecule has 0 aliphatic heterocycles. The van der Waals surface area contributed by atoms with Crippen LogP contribution in [0.2, 0.25) is 5.02 Å². The molecule has 0 radical (unpaired) electrons. The lowest BCUT2D eigenvalue weighted by Gasteiger charge is -2.09. The summed E-state index contributed by atoms with van der Waals surface area (Å²) in [7, 11) is 0. The minimum Gasteiger partial charge on any atom is -0.336 e. The Morgan fingerprint density at radius 2 is 1.85 bits per heavy atom. The van der Waals surface area contributed by atoms with Crippen LogP contribution in [-0.2, 0) is 0 Å². The van der Waals surface area contributed by atoms with Gasteiger partial charge in [0.05, 0.1) is 16.4 Å². The highest BCUT2D eigenvalue weighted by Crippen LogP contribution is 2.25. The monoisotopic (exact) mass is 304 g/mol. The predicted molar refractivity (Wildman–Crippen MR) is 81.4 cm³/mol. The van der Waals surface area contributed by atoms with Gasteiger partial charge < -0.3 is 4.98 Å². The Balaban J connectivity index is 2.22. The topological polar surface area (TPSA) is 20.7 Å². The minimum absolute atomic E-state index is 0.0945. The first-order valence-electron chi connectivity index (χ1n) is 5.98. The summed E-state index contributed by atoms with van der Waals surface area (Å²) in [4.78, 5) is 2.99. The number of rotatable bonds is 2. The molecule has 0 bridgehead atoms. The number of benzene rings is 2. The summed E-state index contributed by atoms with van der Waals surface area (Å²) in [5.74, 6) is -0.466. The van der Waals surface area contributed by atoms with Crippen molar-refractivity contribution >= 4 is 23.8 Å². The van der Waals surface area contributed by atoms with E-state index in [1.807, 2.05) is 36.5 Å². The normalized spacial score (nSPS) is 10.7. The number of nitrogens with zero attached hydrogens (tertiary/aromatic N) is 1. The number of aromatic nitrogens is 2. The number of halogens is 2. The Kier molecular flexibility index (Phi) is 3.42. The summed E-state index contributed by atoms with van der Waals surface area (Å²) in [5.41, 5.74) is 2.50. The van der Waals surface area contributed by atoms with E-state index in [0.29, 0.717) is 10.5 Å². The van der Waals surface area contributed by atoms with Gasteiger partial charge in [-0.2, -0.15) is 0 Å². The Bertz CT molecular complexity index is 808. The summed E-state index contributed by atoms with van der Waals surface area (Å²) in [6, 6.07) is 14.4. The van der Waals surface area contributed by atoms with Crippen LogP contribution in [0.3, 0.4) is 0 Å². The lowest BCUT2D eigenvalue weighted by atomic mass is 10.1. The van der Waals surface area contributed by atoms with Crippen LogP contribution in [0, 0.1) is 10.6 Å². The summed E-state index contributed by atoms with van der Waals surface area (Å²) in [6.07, 6.45) is 1.81. The molecule has 1 heterocycles. The standard InChI is InChI=1S/C15H10ClFN2S/c16-12-7-6-11(8-13(12)17)19-14(9-18-15(19)20)10-4-2-1-3-5-10/h1-9H,(H,18,20). The molecule has 0 amide bonds. The predicted octanol–water partition coefficient (Wildman–Crippen LogP) is 4.99. The molecule has 1 N–H and O–H groups in total. The molecule has 0 saturated heterocycles. The van der Waals surface area contributed by atoms with Gasteiger partial charge in [0, 0.05) is 11.8 Å². The van der Waals surface area contributed by atoms with Gasteiger partial charge >= 0.3 is 0 Å². The van der Waals surface area contributed by atoms with Gasteiger partial charge in [-0.15, -0.1) is 0 Å². The fourth-order valence-electron chi connectivity index (χ4n) is 2.07. The third kappa shape index (κ3) is 2.28. The van der Waals surface area contributed by atoms with Crippen molar-refractivity contribution in [2.45, 2.75) is 0 Å². The van der Waals surface area contributed by atoms with E-state index in [1.54, 1.807) is 10.6 Å². The van der Waals surface area contributed by atoms with E-state index in [2.05, 4.69) is 4.98 Å². The second kappa shape index (κ2) is 5.23.